The van der Waals surface area contributed by atoms with Crippen molar-refractivity contribution in [3.8, 4) is 0 Å². The van der Waals surface area contributed by atoms with E-state index < -0.39 is 0 Å². The van der Waals surface area contributed by atoms with E-state index in [1.165, 1.54) is 6.26 Å². The largest absolute Gasteiger partial charge is 0.459 e. The van der Waals surface area contributed by atoms with Crippen molar-refractivity contribution >= 4 is 34.8 Å². The highest BCUT2D eigenvalue weighted by molar-refractivity contribution is 6.30. The second-order valence-corrected chi connectivity index (χ2v) is 6.12. The smallest absolute Gasteiger partial charge is 0.291 e. The van der Waals surface area contributed by atoms with Gasteiger partial charge in [0.1, 0.15) is 0 Å². The maximum absolute atomic E-state index is 12.1. The minimum absolute atomic E-state index is 0.0858. The van der Waals surface area contributed by atoms with Gasteiger partial charge in [0.15, 0.2) is 5.76 Å². The van der Waals surface area contributed by atoms with Crippen LogP contribution in [0.4, 0.5) is 11.4 Å². The number of carbonyl (C=O) groups is 2. The molecule has 5 nitrogen and oxygen atoms in total. The van der Waals surface area contributed by atoms with Gasteiger partial charge in [-0.15, -0.1) is 0 Å². The molecule has 2 amide bonds. The van der Waals surface area contributed by atoms with Crippen molar-refractivity contribution in [3.05, 3.63) is 83.3 Å². The number of hydrogen-bond donors (Lipinski definition) is 2. The lowest BCUT2D eigenvalue weighted by Crippen LogP contribution is -2.13. The van der Waals surface area contributed by atoms with Crippen LogP contribution in [0.3, 0.4) is 0 Å². The summed E-state index contributed by atoms with van der Waals surface area (Å²) in [7, 11) is 0. The minimum atomic E-state index is -0.326. The Morgan fingerprint density at radius 2 is 1.65 bits per heavy atom. The third-order valence-electron chi connectivity index (χ3n) is 3.70. The zero-order valence-corrected chi connectivity index (χ0v) is 14.6. The summed E-state index contributed by atoms with van der Waals surface area (Å²) in [4.78, 5) is 24.0. The van der Waals surface area contributed by atoms with E-state index in [0.717, 1.165) is 5.56 Å². The Hall–Kier alpha value is -3.05. The topological polar surface area (TPSA) is 71.3 Å². The molecule has 0 aliphatic carbocycles. The molecule has 6 heteroatoms. The summed E-state index contributed by atoms with van der Waals surface area (Å²) in [6.45, 7) is 0. The Balaban J connectivity index is 1.50. The van der Waals surface area contributed by atoms with Crippen molar-refractivity contribution in [3.63, 3.8) is 0 Å². The average Bonchev–Trinajstić information content (AvgIpc) is 3.17. The quantitative estimate of drug-likeness (QED) is 0.659. The van der Waals surface area contributed by atoms with Crippen LogP contribution in [0.25, 0.3) is 0 Å². The Morgan fingerprint density at radius 3 is 2.31 bits per heavy atom. The molecule has 0 spiro atoms. The standard InChI is InChI=1S/C20H17ClN2O3/c21-15-4-1-3-14(13-15)6-11-19(24)22-16-7-9-17(10-8-16)23-20(25)18-5-2-12-26-18/h1-5,7-10,12-13H,6,11H2,(H,22,24)(H,23,25). The van der Waals surface area contributed by atoms with Crippen LogP contribution in [0.15, 0.2) is 71.3 Å². The van der Waals surface area contributed by atoms with Gasteiger partial charge in [0.25, 0.3) is 5.91 Å². The summed E-state index contributed by atoms with van der Waals surface area (Å²) in [5.74, 6) is -0.172. The summed E-state index contributed by atoms with van der Waals surface area (Å²) in [6, 6.07) is 17.6. The Morgan fingerprint density at radius 1 is 0.923 bits per heavy atom. The SMILES string of the molecule is O=C(CCc1cccc(Cl)c1)Nc1ccc(NC(=O)c2ccco2)cc1. The van der Waals surface area contributed by atoms with Crippen LogP contribution in [-0.2, 0) is 11.2 Å². The molecule has 0 radical (unpaired) electrons. The molecule has 0 aliphatic rings. The fraction of sp³-hybridized carbons (Fsp3) is 0.100. The molecule has 0 saturated heterocycles. The predicted octanol–water partition coefficient (Wildman–Crippen LogP) is 4.76. The van der Waals surface area contributed by atoms with Gasteiger partial charge in [-0.25, -0.2) is 0 Å². The Bertz CT molecular complexity index is 890. The first-order valence-corrected chi connectivity index (χ1v) is 8.47. The van der Waals surface area contributed by atoms with E-state index in [1.807, 2.05) is 18.2 Å². The summed E-state index contributed by atoms with van der Waals surface area (Å²) in [5, 5.41) is 6.21. The van der Waals surface area contributed by atoms with Crippen molar-refractivity contribution in [2.24, 2.45) is 0 Å². The minimum Gasteiger partial charge on any atom is -0.459 e. The second kappa shape index (κ2) is 8.36. The van der Waals surface area contributed by atoms with Crippen molar-refractivity contribution < 1.29 is 14.0 Å². The van der Waals surface area contributed by atoms with Crippen molar-refractivity contribution in [1.29, 1.82) is 0 Å². The molecule has 2 N–H and O–H groups in total. The van der Waals surface area contributed by atoms with Crippen molar-refractivity contribution in [2.45, 2.75) is 12.8 Å². The number of hydrogen-bond acceptors (Lipinski definition) is 3. The molecular formula is C20H17ClN2O3. The number of carbonyl (C=O) groups excluding carboxylic acids is 2. The monoisotopic (exact) mass is 368 g/mol. The van der Waals surface area contributed by atoms with E-state index in [-0.39, 0.29) is 17.6 Å². The molecular weight excluding hydrogens is 352 g/mol. The Labute approximate surface area is 156 Å². The van der Waals surface area contributed by atoms with Gasteiger partial charge in [-0.05, 0) is 60.5 Å². The van der Waals surface area contributed by atoms with Gasteiger partial charge in [-0.2, -0.15) is 0 Å². The normalized spacial score (nSPS) is 10.3. The first-order valence-electron chi connectivity index (χ1n) is 8.09. The molecule has 1 aromatic heterocycles. The van der Waals surface area contributed by atoms with Gasteiger partial charge in [-0.1, -0.05) is 23.7 Å². The molecule has 132 valence electrons. The van der Waals surface area contributed by atoms with Crippen LogP contribution >= 0.6 is 11.6 Å². The molecule has 0 atom stereocenters. The zero-order chi connectivity index (χ0) is 18.4. The van der Waals surface area contributed by atoms with Crippen LogP contribution < -0.4 is 10.6 Å². The van der Waals surface area contributed by atoms with Gasteiger partial charge < -0.3 is 15.1 Å². The number of nitrogens with one attached hydrogen (secondary N) is 2. The van der Waals surface area contributed by atoms with Crippen molar-refractivity contribution in [1.82, 2.24) is 0 Å². The van der Waals surface area contributed by atoms with E-state index in [2.05, 4.69) is 10.6 Å². The van der Waals surface area contributed by atoms with Crippen LogP contribution in [0.1, 0.15) is 22.5 Å². The average molecular weight is 369 g/mol. The first-order chi connectivity index (χ1) is 12.6. The molecule has 3 rings (SSSR count). The molecule has 0 aliphatic heterocycles. The lowest BCUT2D eigenvalue weighted by molar-refractivity contribution is -0.116. The molecule has 3 aromatic rings. The number of amides is 2. The van der Waals surface area contributed by atoms with Crippen LogP contribution in [0.2, 0.25) is 5.02 Å². The van der Waals surface area contributed by atoms with Crippen molar-refractivity contribution in [2.75, 3.05) is 10.6 Å². The van der Waals surface area contributed by atoms with Gasteiger partial charge in [-0.3, -0.25) is 9.59 Å². The van der Waals surface area contributed by atoms with Gasteiger partial charge in [0.05, 0.1) is 6.26 Å². The molecule has 26 heavy (non-hydrogen) atoms. The number of benzene rings is 2. The fourth-order valence-electron chi connectivity index (χ4n) is 2.41. The van der Waals surface area contributed by atoms with E-state index >= 15 is 0 Å². The lowest BCUT2D eigenvalue weighted by atomic mass is 10.1. The highest BCUT2D eigenvalue weighted by atomic mass is 35.5. The third kappa shape index (κ3) is 4.97. The number of aryl methyl sites for hydroxylation is 1. The molecule has 0 saturated carbocycles. The highest BCUT2D eigenvalue weighted by Crippen LogP contribution is 2.16. The van der Waals surface area contributed by atoms with Gasteiger partial charge in [0, 0.05) is 22.8 Å². The highest BCUT2D eigenvalue weighted by Gasteiger charge is 2.09. The molecule has 0 fully saturated rings. The molecule has 0 unspecified atom stereocenters. The number of furan rings is 1. The first kappa shape index (κ1) is 17.8. The summed E-state index contributed by atoms with van der Waals surface area (Å²) in [5.41, 5.74) is 2.30. The maximum atomic E-state index is 12.1. The summed E-state index contributed by atoms with van der Waals surface area (Å²) < 4.78 is 5.04. The zero-order valence-electron chi connectivity index (χ0n) is 13.9. The third-order valence-corrected chi connectivity index (χ3v) is 3.94. The maximum Gasteiger partial charge on any atom is 0.291 e. The number of halogens is 1. The van der Waals surface area contributed by atoms with Crippen LogP contribution in [0, 0.1) is 0 Å². The van der Waals surface area contributed by atoms with E-state index in [0.29, 0.717) is 29.2 Å². The Kier molecular flexibility index (Phi) is 5.71. The summed E-state index contributed by atoms with van der Waals surface area (Å²) >= 11 is 5.94. The van der Waals surface area contributed by atoms with E-state index in [9.17, 15) is 9.59 Å². The van der Waals surface area contributed by atoms with E-state index in [4.69, 9.17) is 16.0 Å². The summed E-state index contributed by atoms with van der Waals surface area (Å²) in [6.07, 6.45) is 2.41. The van der Waals surface area contributed by atoms with Gasteiger partial charge in [0.2, 0.25) is 5.91 Å². The lowest BCUT2D eigenvalue weighted by Gasteiger charge is -2.07. The predicted molar refractivity (Wildman–Crippen MR) is 102 cm³/mol. The van der Waals surface area contributed by atoms with Crippen LogP contribution in [-0.4, -0.2) is 11.8 Å². The van der Waals surface area contributed by atoms with E-state index in [1.54, 1.807) is 42.5 Å². The number of rotatable bonds is 6. The molecule has 1 heterocycles. The van der Waals surface area contributed by atoms with Gasteiger partial charge >= 0.3 is 0 Å². The fourth-order valence-corrected chi connectivity index (χ4v) is 2.62. The van der Waals surface area contributed by atoms with Crippen LogP contribution in [0.5, 0.6) is 0 Å². The molecule has 2 aromatic carbocycles. The molecule has 0 bridgehead atoms. The number of anilines is 2. The second-order valence-electron chi connectivity index (χ2n) is 5.69.